The van der Waals surface area contributed by atoms with E-state index in [0.717, 1.165) is 5.56 Å². The van der Waals surface area contributed by atoms with E-state index in [4.69, 9.17) is 11.6 Å². The van der Waals surface area contributed by atoms with Crippen LogP contribution in [-0.4, -0.2) is 23.7 Å². The molecule has 2 N–H and O–H groups in total. The number of hydrogen-bond donors (Lipinski definition) is 2. The predicted molar refractivity (Wildman–Crippen MR) is 87.6 cm³/mol. The molecule has 0 aliphatic carbocycles. The van der Waals surface area contributed by atoms with E-state index in [9.17, 15) is 9.90 Å². The van der Waals surface area contributed by atoms with Crippen molar-refractivity contribution in [3.8, 4) is 0 Å². The molecule has 0 heterocycles. The molecule has 4 heteroatoms. The Kier molecular flexibility index (Phi) is 5.83. The summed E-state index contributed by atoms with van der Waals surface area (Å²) < 4.78 is 0. The summed E-state index contributed by atoms with van der Waals surface area (Å²) in [7, 11) is 0. The molecule has 0 saturated heterocycles. The van der Waals surface area contributed by atoms with Gasteiger partial charge in [0.1, 0.15) is 0 Å². The van der Waals surface area contributed by atoms with Gasteiger partial charge < -0.3 is 10.4 Å². The normalized spacial score (nSPS) is 13.9. The van der Waals surface area contributed by atoms with Gasteiger partial charge in [0.15, 0.2) is 0 Å². The molecule has 0 spiro atoms. The summed E-state index contributed by atoms with van der Waals surface area (Å²) in [5.41, 5.74) is 0.170. The van der Waals surface area contributed by atoms with E-state index in [-0.39, 0.29) is 17.4 Å². The fourth-order valence-corrected chi connectivity index (χ4v) is 2.54. The number of benzene rings is 1. The number of amides is 1. The second-order valence-electron chi connectivity index (χ2n) is 7.03. The number of rotatable bonds is 6. The molecule has 1 atom stereocenters. The minimum atomic E-state index is -0.620. The van der Waals surface area contributed by atoms with Crippen molar-refractivity contribution >= 4 is 17.5 Å². The number of aliphatic hydroxyl groups is 1. The van der Waals surface area contributed by atoms with Crippen LogP contribution >= 0.6 is 11.6 Å². The maximum Gasteiger partial charge on any atom is 0.230 e. The zero-order valence-electron chi connectivity index (χ0n) is 13.5. The smallest absolute Gasteiger partial charge is 0.230 e. The first kappa shape index (κ1) is 18.0. The first-order chi connectivity index (χ1) is 9.54. The number of carbonyl (C=O) groups is 1. The lowest BCUT2D eigenvalue weighted by Crippen LogP contribution is -2.44. The number of nitrogens with one attached hydrogen (secondary N) is 1. The van der Waals surface area contributed by atoms with Crippen LogP contribution in [0.1, 0.15) is 46.6 Å². The average Bonchev–Trinajstić information content (AvgIpc) is 2.35. The van der Waals surface area contributed by atoms with Crippen LogP contribution in [0.4, 0.5) is 0 Å². The highest BCUT2D eigenvalue weighted by atomic mass is 35.5. The van der Waals surface area contributed by atoms with Crippen molar-refractivity contribution in [1.82, 2.24) is 5.32 Å². The number of aliphatic hydroxyl groups excluding tert-OH is 1. The molecule has 0 fully saturated rings. The Balaban J connectivity index is 2.72. The Morgan fingerprint density at radius 1 is 1.24 bits per heavy atom. The molecule has 0 aliphatic rings. The molecule has 1 aromatic carbocycles. The third kappa shape index (κ3) is 5.33. The molecule has 0 aliphatic heterocycles. The van der Waals surface area contributed by atoms with Gasteiger partial charge in [0.05, 0.1) is 11.5 Å². The predicted octanol–water partition coefficient (Wildman–Crippen LogP) is 3.53. The third-order valence-electron chi connectivity index (χ3n) is 3.71. The van der Waals surface area contributed by atoms with Gasteiger partial charge >= 0.3 is 0 Å². The summed E-state index contributed by atoms with van der Waals surface area (Å²) in [5, 5.41) is 13.2. The zero-order valence-corrected chi connectivity index (χ0v) is 14.3. The van der Waals surface area contributed by atoms with Crippen LogP contribution in [0.5, 0.6) is 0 Å². The Morgan fingerprint density at radius 3 is 2.24 bits per heavy atom. The van der Waals surface area contributed by atoms with E-state index in [1.54, 1.807) is 19.1 Å². The molecule has 1 unspecified atom stereocenters. The average molecular weight is 312 g/mol. The van der Waals surface area contributed by atoms with Crippen LogP contribution in [0.25, 0.3) is 0 Å². The molecule has 0 bridgehead atoms. The third-order valence-corrected chi connectivity index (χ3v) is 3.96. The summed E-state index contributed by atoms with van der Waals surface area (Å²) in [6.07, 6.45) is 0.274. The lowest BCUT2D eigenvalue weighted by Gasteiger charge is -2.30. The Morgan fingerprint density at radius 2 is 1.76 bits per heavy atom. The lowest BCUT2D eigenvalue weighted by molar-refractivity contribution is -0.126. The van der Waals surface area contributed by atoms with Gasteiger partial charge in [-0.25, -0.2) is 0 Å². The summed E-state index contributed by atoms with van der Waals surface area (Å²) in [4.78, 5) is 12.5. The van der Waals surface area contributed by atoms with Crippen molar-refractivity contribution in [1.29, 1.82) is 0 Å². The molecule has 1 amide bonds. The van der Waals surface area contributed by atoms with Crippen molar-refractivity contribution < 1.29 is 9.90 Å². The van der Waals surface area contributed by atoms with Gasteiger partial charge in [-0.05, 0) is 50.3 Å². The van der Waals surface area contributed by atoms with E-state index in [1.807, 2.05) is 39.8 Å². The van der Waals surface area contributed by atoms with Gasteiger partial charge in [0.2, 0.25) is 5.91 Å². The highest BCUT2D eigenvalue weighted by molar-refractivity contribution is 6.30. The van der Waals surface area contributed by atoms with Crippen LogP contribution in [0, 0.1) is 5.41 Å². The maximum absolute atomic E-state index is 12.5. The summed E-state index contributed by atoms with van der Waals surface area (Å²) >= 11 is 5.89. The molecular formula is C17H26ClNO2. The van der Waals surface area contributed by atoms with Crippen molar-refractivity contribution in [3.05, 3.63) is 34.9 Å². The van der Waals surface area contributed by atoms with Crippen molar-refractivity contribution in [3.63, 3.8) is 0 Å². The van der Waals surface area contributed by atoms with Gasteiger partial charge in [-0.3, -0.25) is 4.79 Å². The molecular weight excluding hydrogens is 286 g/mol. The monoisotopic (exact) mass is 311 g/mol. The van der Waals surface area contributed by atoms with E-state index >= 15 is 0 Å². The lowest BCUT2D eigenvalue weighted by atomic mass is 9.82. The number of halogens is 1. The van der Waals surface area contributed by atoms with Gasteiger partial charge in [0, 0.05) is 11.6 Å². The zero-order chi connectivity index (χ0) is 16.3. The first-order valence-electron chi connectivity index (χ1n) is 7.27. The fourth-order valence-electron chi connectivity index (χ4n) is 2.41. The van der Waals surface area contributed by atoms with E-state index < -0.39 is 5.41 Å². The van der Waals surface area contributed by atoms with Gasteiger partial charge in [-0.1, -0.05) is 37.6 Å². The minimum absolute atomic E-state index is 0.0245. The van der Waals surface area contributed by atoms with Crippen LogP contribution in [0.3, 0.4) is 0 Å². The Labute approximate surface area is 132 Å². The highest BCUT2D eigenvalue weighted by Gasteiger charge is 2.31. The molecule has 0 saturated carbocycles. The van der Waals surface area contributed by atoms with Crippen LogP contribution in [-0.2, 0) is 10.2 Å². The Bertz CT molecular complexity index is 478. The minimum Gasteiger partial charge on any atom is -0.393 e. The first-order valence-corrected chi connectivity index (χ1v) is 7.65. The second kappa shape index (κ2) is 6.80. The molecule has 0 aromatic heterocycles. The molecule has 118 valence electrons. The van der Waals surface area contributed by atoms with E-state index in [2.05, 4.69) is 5.32 Å². The molecule has 21 heavy (non-hydrogen) atoms. The summed E-state index contributed by atoms with van der Waals surface area (Å²) in [5.74, 6) is -0.0245. The molecule has 3 nitrogen and oxygen atoms in total. The van der Waals surface area contributed by atoms with Gasteiger partial charge in [-0.2, -0.15) is 0 Å². The fraction of sp³-hybridized carbons (Fsp3) is 0.588. The van der Waals surface area contributed by atoms with Crippen molar-refractivity contribution in [2.75, 3.05) is 6.54 Å². The summed E-state index contributed by atoms with van der Waals surface area (Å²) in [6.45, 7) is 10.2. The SMILES string of the molecule is CC(O)CC(C)(C)CNC(=O)C(C)(C)c1ccc(Cl)cc1. The van der Waals surface area contributed by atoms with E-state index in [1.165, 1.54) is 0 Å². The maximum atomic E-state index is 12.5. The quantitative estimate of drug-likeness (QED) is 0.844. The molecule has 1 rings (SSSR count). The summed E-state index contributed by atoms with van der Waals surface area (Å²) in [6, 6.07) is 7.35. The van der Waals surface area contributed by atoms with E-state index in [0.29, 0.717) is 18.0 Å². The van der Waals surface area contributed by atoms with Gasteiger partial charge in [0.25, 0.3) is 0 Å². The number of hydrogen-bond acceptors (Lipinski definition) is 2. The number of carbonyl (C=O) groups excluding carboxylic acids is 1. The molecule has 0 radical (unpaired) electrons. The standard InChI is InChI=1S/C17H26ClNO2/c1-12(20)10-16(2,3)11-19-15(21)17(4,5)13-6-8-14(18)9-7-13/h6-9,12,20H,10-11H2,1-5H3,(H,19,21). The van der Waals surface area contributed by atoms with Crippen molar-refractivity contribution in [2.45, 2.75) is 52.6 Å². The van der Waals surface area contributed by atoms with Crippen LogP contribution in [0.15, 0.2) is 24.3 Å². The van der Waals surface area contributed by atoms with Crippen LogP contribution in [0.2, 0.25) is 5.02 Å². The Hall–Kier alpha value is -1.06. The topological polar surface area (TPSA) is 49.3 Å². The van der Waals surface area contributed by atoms with Gasteiger partial charge in [-0.15, -0.1) is 0 Å². The molecule has 1 aromatic rings. The second-order valence-corrected chi connectivity index (χ2v) is 7.47. The van der Waals surface area contributed by atoms with Crippen molar-refractivity contribution in [2.24, 2.45) is 5.41 Å². The largest absolute Gasteiger partial charge is 0.393 e. The van der Waals surface area contributed by atoms with Crippen LogP contribution < -0.4 is 5.32 Å². The highest BCUT2D eigenvalue weighted by Crippen LogP contribution is 2.26.